The van der Waals surface area contributed by atoms with Crippen LogP contribution in [0, 0.1) is 14.9 Å². The average molecular weight is 780 g/mol. The van der Waals surface area contributed by atoms with Crippen LogP contribution < -0.4 is 33.8 Å². The molecule has 2 heterocycles. The summed E-state index contributed by atoms with van der Waals surface area (Å²) in [7, 11) is 3.10. The van der Waals surface area contributed by atoms with E-state index in [4.69, 9.17) is 33.9 Å². The number of aromatic nitrogens is 1. The fourth-order valence-corrected chi connectivity index (χ4v) is 6.94. The Morgan fingerprint density at radius 2 is 1.81 bits per heavy atom. The molecule has 5 rings (SSSR count). The van der Waals surface area contributed by atoms with Gasteiger partial charge in [0.2, 0.25) is 0 Å². The van der Waals surface area contributed by atoms with Crippen LogP contribution in [0.15, 0.2) is 75.7 Å². The number of thiazole rings is 1. The largest absolute Gasteiger partial charge is 0.493 e. The fourth-order valence-electron chi connectivity index (χ4n) is 5.29. The molecule has 248 valence electrons. The minimum Gasteiger partial charge on any atom is -0.493 e. The SMILES string of the molecule is CCOC(=O)C1=C(C)N=c2s/c(=C/c3cc(I)cc(OC)c3OCc3ccc(C#N)cc3)c(=O)n2[C@@H]1c1ccc(OC(C)C)c(OC)c1. The number of esters is 1. The second-order valence-electron chi connectivity index (χ2n) is 11.0. The number of hydrogen-bond donors (Lipinski definition) is 0. The van der Waals surface area contributed by atoms with Crippen molar-refractivity contribution in [2.75, 3.05) is 20.8 Å². The molecule has 1 aliphatic rings. The first-order chi connectivity index (χ1) is 23.1. The van der Waals surface area contributed by atoms with Gasteiger partial charge in [0, 0.05) is 9.13 Å². The van der Waals surface area contributed by atoms with Crippen molar-refractivity contribution in [3.05, 3.63) is 111 Å². The van der Waals surface area contributed by atoms with Gasteiger partial charge in [0.25, 0.3) is 5.56 Å². The van der Waals surface area contributed by atoms with Crippen molar-refractivity contribution >= 4 is 46.0 Å². The maximum Gasteiger partial charge on any atom is 0.338 e. The van der Waals surface area contributed by atoms with E-state index in [1.54, 1.807) is 58.4 Å². The number of nitrogens with zero attached hydrogens (tertiary/aromatic N) is 3. The van der Waals surface area contributed by atoms with Gasteiger partial charge < -0.3 is 23.7 Å². The molecular formula is C36H34IN3O7S. The van der Waals surface area contributed by atoms with E-state index in [2.05, 4.69) is 28.7 Å². The van der Waals surface area contributed by atoms with Crippen LogP contribution in [-0.4, -0.2) is 37.5 Å². The zero-order valence-corrected chi connectivity index (χ0v) is 30.3. The molecule has 1 atom stereocenters. The Morgan fingerprint density at radius 1 is 1.08 bits per heavy atom. The van der Waals surface area contributed by atoms with Gasteiger partial charge in [-0.15, -0.1) is 0 Å². The van der Waals surface area contributed by atoms with Gasteiger partial charge in [0.1, 0.15) is 6.61 Å². The normalized spacial score (nSPS) is 14.2. The molecular weight excluding hydrogens is 745 g/mol. The minimum absolute atomic E-state index is 0.0858. The first kappa shape index (κ1) is 34.7. The highest BCUT2D eigenvalue weighted by atomic mass is 127. The summed E-state index contributed by atoms with van der Waals surface area (Å²) in [5.74, 6) is 1.42. The van der Waals surface area contributed by atoms with Gasteiger partial charge in [-0.05, 0) is 104 Å². The molecule has 0 amide bonds. The molecule has 0 saturated carbocycles. The van der Waals surface area contributed by atoms with E-state index in [9.17, 15) is 9.59 Å². The molecule has 48 heavy (non-hydrogen) atoms. The number of hydrogen-bond acceptors (Lipinski definition) is 10. The second-order valence-corrected chi connectivity index (χ2v) is 13.3. The number of rotatable bonds is 11. The molecule has 4 aromatic rings. The number of ether oxygens (including phenoxy) is 5. The van der Waals surface area contributed by atoms with E-state index < -0.39 is 12.0 Å². The summed E-state index contributed by atoms with van der Waals surface area (Å²) in [5, 5.41) is 9.14. The number of fused-ring (bicyclic) bond motifs is 1. The van der Waals surface area contributed by atoms with Crippen molar-refractivity contribution in [1.82, 2.24) is 4.57 Å². The van der Waals surface area contributed by atoms with Crippen molar-refractivity contribution in [2.45, 2.75) is 46.4 Å². The van der Waals surface area contributed by atoms with E-state index in [1.165, 1.54) is 15.9 Å². The number of halogens is 1. The molecule has 0 spiro atoms. The number of methoxy groups -OCH3 is 2. The van der Waals surface area contributed by atoms with Crippen LogP contribution in [0.4, 0.5) is 0 Å². The van der Waals surface area contributed by atoms with Gasteiger partial charge in [-0.25, -0.2) is 9.79 Å². The molecule has 0 bridgehead atoms. The average Bonchev–Trinajstić information content (AvgIpc) is 3.37. The Bertz CT molecular complexity index is 2110. The van der Waals surface area contributed by atoms with E-state index >= 15 is 0 Å². The third-order valence-corrected chi connectivity index (χ3v) is 9.01. The predicted octanol–water partition coefficient (Wildman–Crippen LogP) is 5.66. The topological polar surface area (TPSA) is 121 Å². The van der Waals surface area contributed by atoms with Crippen LogP contribution in [0.5, 0.6) is 23.0 Å². The van der Waals surface area contributed by atoms with Crippen LogP contribution in [0.3, 0.4) is 0 Å². The van der Waals surface area contributed by atoms with Crippen molar-refractivity contribution in [2.24, 2.45) is 4.99 Å². The predicted molar refractivity (Wildman–Crippen MR) is 190 cm³/mol. The number of carbonyl (C=O) groups is 1. The molecule has 0 unspecified atom stereocenters. The summed E-state index contributed by atoms with van der Waals surface area (Å²) in [5.41, 5.74) is 3.06. The van der Waals surface area contributed by atoms with Crippen molar-refractivity contribution in [1.29, 1.82) is 5.26 Å². The fraction of sp³-hybridized carbons (Fsp3) is 0.278. The van der Waals surface area contributed by atoms with E-state index in [-0.39, 0.29) is 30.5 Å². The molecule has 0 fully saturated rings. The third-order valence-electron chi connectivity index (χ3n) is 7.40. The van der Waals surface area contributed by atoms with Crippen molar-refractivity contribution in [3.8, 4) is 29.1 Å². The highest BCUT2D eigenvalue weighted by molar-refractivity contribution is 14.1. The maximum absolute atomic E-state index is 14.3. The lowest BCUT2D eigenvalue weighted by atomic mass is 9.95. The quantitative estimate of drug-likeness (QED) is 0.141. The Morgan fingerprint density at radius 3 is 2.46 bits per heavy atom. The Hall–Kier alpha value is -4.61. The Balaban J connectivity index is 1.66. The molecule has 10 nitrogen and oxygen atoms in total. The molecule has 1 aliphatic heterocycles. The smallest absolute Gasteiger partial charge is 0.338 e. The molecule has 0 aliphatic carbocycles. The minimum atomic E-state index is -0.831. The first-order valence-electron chi connectivity index (χ1n) is 15.1. The first-order valence-corrected chi connectivity index (χ1v) is 17.0. The molecule has 12 heteroatoms. The van der Waals surface area contributed by atoms with E-state index in [0.29, 0.717) is 54.7 Å². The Kier molecular flexibility index (Phi) is 10.9. The van der Waals surface area contributed by atoms with Crippen LogP contribution in [0.1, 0.15) is 56.0 Å². The summed E-state index contributed by atoms with van der Waals surface area (Å²) in [4.78, 5) is 32.9. The zero-order chi connectivity index (χ0) is 34.5. The number of allylic oxidation sites excluding steroid dienone is 1. The lowest BCUT2D eigenvalue weighted by Gasteiger charge is -2.25. The van der Waals surface area contributed by atoms with Gasteiger partial charge in [-0.3, -0.25) is 9.36 Å². The van der Waals surface area contributed by atoms with Crippen LogP contribution in [-0.2, 0) is 16.1 Å². The maximum atomic E-state index is 14.3. The van der Waals surface area contributed by atoms with Gasteiger partial charge in [0.05, 0.1) is 60.4 Å². The highest BCUT2D eigenvalue weighted by Crippen LogP contribution is 2.37. The summed E-state index contributed by atoms with van der Waals surface area (Å²) < 4.78 is 31.7. The van der Waals surface area contributed by atoms with Crippen LogP contribution in [0.2, 0.25) is 0 Å². The van der Waals surface area contributed by atoms with Crippen molar-refractivity contribution in [3.63, 3.8) is 0 Å². The summed E-state index contributed by atoms with van der Waals surface area (Å²) in [6.07, 6.45) is 1.67. The number of carbonyl (C=O) groups excluding carboxylic acids is 1. The highest BCUT2D eigenvalue weighted by Gasteiger charge is 2.34. The number of benzene rings is 3. The lowest BCUT2D eigenvalue weighted by molar-refractivity contribution is -0.139. The van der Waals surface area contributed by atoms with Gasteiger partial charge >= 0.3 is 5.97 Å². The summed E-state index contributed by atoms with van der Waals surface area (Å²) in [6.45, 7) is 7.69. The van der Waals surface area contributed by atoms with Gasteiger partial charge in [0.15, 0.2) is 27.8 Å². The number of nitriles is 1. The monoisotopic (exact) mass is 779 g/mol. The van der Waals surface area contributed by atoms with E-state index in [1.807, 2.05) is 44.2 Å². The van der Waals surface area contributed by atoms with Crippen LogP contribution >= 0.6 is 33.9 Å². The summed E-state index contributed by atoms with van der Waals surface area (Å²) in [6, 6.07) is 17.5. The lowest BCUT2D eigenvalue weighted by Crippen LogP contribution is -2.40. The molecule has 0 radical (unpaired) electrons. The molecule has 1 aromatic heterocycles. The van der Waals surface area contributed by atoms with Gasteiger partial charge in [-0.1, -0.05) is 29.5 Å². The second kappa shape index (κ2) is 15.1. The van der Waals surface area contributed by atoms with E-state index in [0.717, 1.165) is 9.13 Å². The summed E-state index contributed by atoms with van der Waals surface area (Å²) >= 11 is 3.40. The molecule has 0 saturated heterocycles. The Labute approximate surface area is 295 Å². The van der Waals surface area contributed by atoms with Gasteiger partial charge in [-0.2, -0.15) is 5.26 Å². The molecule has 0 N–H and O–H groups in total. The van der Waals surface area contributed by atoms with Crippen LogP contribution in [0.25, 0.3) is 6.08 Å². The van der Waals surface area contributed by atoms with Crippen molar-refractivity contribution < 1.29 is 28.5 Å². The third kappa shape index (κ3) is 7.27. The standard InChI is InChI=1S/C36H34IN3O7S/c1-7-45-35(42)31-21(4)39-36-40(32(31)24-12-13-27(47-20(2)3)28(15-24)43-5)34(41)30(48-36)16-25-14-26(37)17-29(44-6)33(25)46-19-23-10-8-22(18-38)9-11-23/h8-17,20,32H,7,19H2,1-6H3/b30-16+/t32-/m1/s1. The molecule has 3 aromatic carbocycles. The zero-order valence-electron chi connectivity index (χ0n) is 27.3.